The molecule has 0 saturated heterocycles. The van der Waals surface area contributed by atoms with Crippen LogP contribution in [0.1, 0.15) is 71.1 Å². The Morgan fingerprint density at radius 3 is 1.64 bits per heavy atom. The minimum atomic E-state index is 0. The minimum absolute atomic E-state index is 0. The molecule has 0 N–H and O–H groups in total. The number of hydrogen-bond acceptors (Lipinski definition) is 1. The maximum absolute atomic E-state index is 10.0. The maximum atomic E-state index is 10.0. The summed E-state index contributed by atoms with van der Waals surface area (Å²) in [5.41, 5.74) is 0. The first kappa shape index (κ1) is 16.7. The molecule has 0 atom stereocenters. The average Bonchev–Trinajstić information content (AvgIpc) is 2.16. The molecule has 0 radical (unpaired) electrons. The van der Waals surface area contributed by atoms with E-state index in [4.69, 9.17) is 0 Å². The van der Waals surface area contributed by atoms with E-state index in [0.29, 0.717) is 0 Å². The zero-order chi connectivity index (χ0) is 9.78. The first-order valence-corrected chi connectivity index (χ1v) is 5.85. The molecule has 2 heteroatoms. The van der Waals surface area contributed by atoms with Crippen LogP contribution in [0.25, 0.3) is 0 Å². The predicted octanol–water partition coefficient (Wildman–Crippen LogP) is 4.10. The summed E-state index contributed by atoms with van der Waals surface area (Å²) in [6, 6.07) is 0. The molecule has 0 fully saturated rings. The van der Waals surface area contributed by atoms with E-state index in [-0.39, 0.29) is 19.5 Å². The third kappa shape index (κ3) is 14.8. The van der Waals surface area contributed by atoms with Crippen molar-refractivity contribution in [3.8, 4) is 0 Å². The van der Waals surface area contributed by atoms with Gasteiger partial charge in [-0.15, -0.1) is 0 Å². The van der Waals surface area contributed by atoms with Gasteiger partial charge in [-0.05, 0) is 6.42 Å². The van der Waals surface area contributed by atoms with Crippen LogP contribution in [-0.4, -0.2) is 6.29 Å². The summed E-state index contributed by atoms with van der Waals surface area (Å²) in [5, 5.41) is 0. The van der Waals surface area contributed by atoms with Crippen LogP contribution in [0.3, 0.4) is 0 Å². The van der Waals surface area contributed by atoms with Crippen LogP contribution < -0.4 is 0 Å². The molecule has 0 heterocycles. The Kier molecular flexibility index (Phi) is 18.8. The molecule has 0 aromatic rings. The van der Waals surface area contributed by atoms with Gasteiger partial charge >= 0.3 is 0 Å². The minimum Gasteiger partial charge on any atom is -0.303 e. The smallest absolute Gasteiger partial charge is 0.119 e. The van der Waals surface area contributed by atoms with Gasteiger partial charge in [-0.2, -0.15) is 0 Å². The summed E-state index contributed by atoms with van der Waals surface area (Å²) in [5.74, 6) is 0. The van der Waals surface area contributed by atoms with E-state index in [2.05, 4.69) is 6.92 Å². The molecule has 0 aliphatic heterocycles. The fourth-order valence-corrected chi connectivity index (χ4v) is 1.54. The van der Waals surface area contributed by atoms with E-state index in [0.717, 1.165) is 19.1 Å². The zero-order valence-electron chi connectivity index (χ0n) is 9.41. The molecule has 0 aliphatic carbocycles. The Hall–Kier alpha value is 0.293. The number of rotatable bonds is 10. The number of carbonyl (C=O) groups excluding carboxylic acids is 1. The van der Waals surface area contributed by atoms with Crippen molar-refractivity contribution in [1.82, 2.24) is 0 Å². The van der Waals surface area contributed by atoms with Gasteiger partial charge in [-0.1, -0.05) is 58.3 Å². The van der Waals surface area contributed by atoms with Crippen molar-refractivity contribution in [2.75, 3.05) is 0 Å². The molecule has 0 rings (SSSR count). The fraction of sp³-hybridized carbons (Fsp3) is 0.917. The topological polar surface area (TPSA) is 17.1 Å². The molecule has 14 heavy (non-hydrogen) atoms. The van der Waals surface area contributed by atoms with Crippen molar-refractivity contribution < 1.29 is 24.3 Å². The summed E-state index contributed by atoms with van der Waals surface area (Å²) in [6.45, 7) is 2.25. The molecular weight excluding hydrogens is 261 g/mol. The van der Waals surface area contributed by atoms with Crippen LogP contribution in [0.5, 0.6) is 0 Å². The van der Waals surface area contributed by atoms with Crippen LogP contribution in [0.15, 0.2) is 0 Å². The second-order valence-electron chi connectivity index (χ2n) is 3.78. The van der Waals surface area contributed by atoms with Crippen molar-refractivity contribution in [3.05, 3.63) is 0 Å². The van der Waals surface area contributed by atoms with Gasteiger partial charge in [0.15, 0.2) is 0 Å². The second-order valence-corrected chi connectivity index (χ2v) is 3.78. The number of carbonyl (C=O) groups is 1. The standard InChI is InChI=1S/C12H24O.Ru/c1-2-3-4-5-6-7-8-9-10-11-12-13;/h12H,2-11H2,1H3;. The van der Waals surface area contributed by atoms with Crippen LogP contribution >= 0.6 is 0 Å². The van der Waals surface area contributed by atoms with Crippen LogP contribution in [0.2, 0.25) is 0 Å². The monoisotopic (exact) mass is 286 g/mol. The average molecular weight is 285 g/mol. The number of aldehydes is 1. The van der Waals surface area contributed by atoms with Gasteiger partial charge in [0.2, 0.25) is 0 Å². The van der Waals surface area contributed by atoms with E-state index in [1.165, 1.54) is 51.4 Å². The summed E-state index contributed by atoms with van der Waals surface area (Å²) in [7, 11) is 0. The molecular formula is C12H24ORu. The van der Waals surface area contributed by atoms with Gasteiger partial charge in [0.25, 0.3) is 0 Å². The van der Waals surface area contributed by atoms with Crippen LogP contribution in [-0.2, 0) is 24.3 Å². The molecule has 0 bridgehead atoms. The summed E-state index contributed by atoms with van der Waals surface area (Å²) in [4.78, 5) is 10.0. The molecule has 86 valence electrons. The Morgan fingerprint density at radius 1 is 0.786 bits per heavy atom. The normalized spacial score (nSPS) is 9.50. The SMILES string of the molecule is CCCCCCCCCCCC=O.[Ru]. The molecule has 1 nitrogen and oxygen atoms in total. The summed E-state index contributed by atoms with van der Waals surface area (Å²) in [6.07, 6.45) is 13.7. The van der Waals surface area contributed by atoms with Gasteiger partial charge < -0.3 is 4.79 Å². The van der Waals surface area contributed by atoms with Gasteiger partial charge in [0.1, 0.15) is 6.29 Å². The first-order valence-electron chi connectivity index (χ1n) is 5.85. The second kappa shape index (κ2) is 15.8. The molecule has 0 aliphatic rings. The third-order valence-electron chi connectivity index (χ3n) is 2.43. The number of hydrogen-bond donors (Lipinski definition) is 0. The van der Waals surface area contributed by atoms with Crippen molar-refractivity contribution in [2.24, 2.45) is 0 Å². The Labute approximate surface area is 102 Å². The molecule has 0 saturated carbocycles. The van der Waals surface area contributed by atoms with Crippen molar-refractivity contribution in [1.29, 1.82) is 0 Å². The predicted molar refractivity (Wildman–Crippen MR) is 57.9 cm³/mol. The molecule has 0 amide bonds. The maximum Gasteiger partial charge on any atom is 0.119 e. The molecule has 0 spiro atoms. The third-order valence-corrected chi connectivity index (χ3v) is 2.43. The van der Waals surface area contributed by atoms with E-state index in [1.54, 1.807) is 0 Å². The van der Waals surface area contributed by atoms with E-state index in [9.17, 15) is 4.79 Å². The van der Waals surface area contributed by atoms with Crippen LogP contribution in [0.4, 0.5) is 0 Å². The quantitative estimate of drug-likeness (QED) is 0.335. The number of unbranched alkanes of at least 4 members (excludes halogenated alkanes) is 9. The first-order chi connectivity index (χ1) is 6.41. The summed E-state index contributed by atoms with van der Waals surface area (Å²) >= 11 is 0. The van der Waals surface area contributed by atoms with E-state index in [1.807, 2.05) is 0 Å². The Bertz CT molecular complexity index is 104. The molecule has 0 aromatic carbocycles. The van der Waals surface area contributed by atoms with Crippen LogP contribution in [0, 0.1) is 0 Å². The summed E-state index contributed by atoms with van der Waals surface area (Å²) < 4.78 is 0. The van der Waals surface area contributed by atoms with Gasteiger partial charge in [-0.3, -0.25) is 0 Å². The van der Waals surface area contributed by atoms with Crippen molar-refractivity contribution in [3.63, 3.8) is 0 Å². The Morgan fingerprint density at radius 2 is 1.21 bits per heavy atom. The van der Waals surface area contributed by atoms with Crippen molar-refractivity contribution >= 4 is 6.29 Å². The van der Waals surface area contributed by atoms with Crippen molar-refractivity contribution in [2.45, 2.75) is 71.1 Å². The molecule has 0 aromatic heterocycles. The van der Waals surface area contributed by atoms with Gasteiger partial charge in [-0.25, -0.2) is 0 Å². The molecule has 0 unspecified atom stereocenters. The van der Waals surface area contributed by atoms with E-state index < -0.39 is 0 Å². The van der Waals surface area contributed by atoms with Gasteiger partial charge in [0, 0.05) is 25.9 Å². The van der Waals surface area contributed by atoms with E-state index >= 15 is 0 Å². The van der Waals surface area contributed by atoms with Gasteiger partial charge in [0.05, 0.1) is 0 Å². The Balaban J connectivity index is 0. The largest absolute Gasteiger partial charge is 0.303 e. The zero-order valence-corrected chi connectivity index (χ0v) is 11.1. The fourth-order valence-electron chi connectivity index (χ4n) is 1.54.